The van der Waals surface area contributed by atoms with Gasteiger partial charge in [0.15, 0.2) is 0 Å². The second-order valence-electron chi connectivity index (χ2n) is 11.9. The van der Waals surface area contributed by atoms with E-state index in [0.29, 0.717) is 0 Å². The number of hydrogen-bond acceptors (Lipinski definition) is 2. The SMILES string of the molecule is CC(C)(C)N/C=C\NC(C)(C)C.[CH2]C=C.[Pd].c1ccc([B-](c2ccccc2)(c2ccccc2)c2ccccc2)cc1. The summed E-state index contributed by atoms with van der Waals surface area (Å²) in [6, 6.07) is 43.5. The molecule has 4 aromatic rings. The van der Waals surface area contributed by atoms with E-state index in [2.05, 4.69) is 187 Å². The van der Waals surface area contributed by atoms with Crippen molar-refractivity contribution in [3.05, 3.63) is 153 Å². The van der Waals surface area contributed by atoms with Crippen molar-refractivity contribution in [2.45, 2.75) is 52.6 Å². The van der Waals surface area contributed by atoms with Crippen LogP contribution in [0, 0.1) is 6.92 Å². The molecule has 0 heterocycles. The first-order valence-electron chi connectivity index (χ1n) is 14.0. The summed E-state index contributed by atoms with van der Waals surface area (Å²) >= 11 is 0. The minimum Gasteiger partial charge on any atom is -0.385 e. The van der Waals surface area contributed by atoms with Crippen LogP contribution in [0.2, 0.25) is 0 Å². The van der Waals surface area contributed by atoms with E-state index in [4.69, 9.17) is 0 Å². The van der Waals surface area contributed by atoms with Crippen LogP contribution < -0.4 is 32.5 Å². The Morgan fingerprint density at radius 3 is 0.854 bits per heavy atom. The molecule has 4 heteroatoms. The fraction of sp³-hybridized carbons (Fsp3) is 0.216. The fourth-order valence-corrected chi connectivity index (χ4v) is 4.70. The van der Waals surface area contributed by atoms with E-state index in [0.717, 1.165) is 0 Å². The normalized spacial score (nSPS) is 11.1. The molecule has 4 aromatic carbocycles. The van der Waals surface area contributed by atoms with Gasteiger partial charge in [-0.05, 0) is 48.5 Å². The maximum atomic E-state index is 3.25. The summed E-state index contributed by atoms with van der Waals surface area (Å²) in [5.41, 5.74) is 5.65. The molecule has 0 aliphatic rings. The molecule has 4 rings (SSSR count). The first-order valence-corrected chi connectivity index (χ1v) is 14.0. The molecular formula is C37H47BN2Pd-. The summed E-state index contributed by atoms with van der Waals surface area (Å²) in [7, 11) is 0. The van der Waals surface area contributed by atoms with Gasteiger partial charge >= 0.3 is 0 Å². The van der Waals surface area contributed by atoms with Crippen molar-refractivity contribution in [2.24, 2.45) is 0 Å². The molecule has 0 bridgehead atoms. The topological polar surface area (TPSA) is 24.1 Å². The Labute approximate surface area is 264 Å². The first kappa shape index (κ1) is 35.7. The van der Waals surface area contributed by atoms with E-state index < -0.39 is 6.15 Å². The Hall–Kier alpha value is -3.31. The molecule has 41 heavy (non-hydrogen) atoms. The molecule has 0 amide bonds. The van der Waals surface area contributed by atoms with Crippen molar-refractivity contribution >= 4 is 28.0 Å². The second-order valence-corrected chi connectivity index (χ2v) is 11.9. The zero-order valence-electron chi connectivity index (χ0n) is 25.6. The van der Waals surface area contributed by atoms with Crippen LogP contribution >= 0.6 is 0 Å². The third kappa shape index (κ3) is 11.6. The van der Waals surface area contributed by atoms with Crippen LogP contribution in [0.25, 0.3) is 0 Å². The van der Waals surface area contributed by atoms with E-state index in [-0.39, 0.29) is 31.5 Å². The number of nitrogens with one attached hydrogen (secondary N) is 2. The van der Waals surface area contributed by atoms with Gasteiger partial charge in [-0.3, -0.25) is 0 Å². The molecule has 2 nitrogen and oxygen atoms in total. The number of benzene rings is 4. The molecule has 0 saturated heterocycles. The predicted molar refractivity (Wildman–Crippen MR) is 181 cm³/mol. The monoisotopic (exact) mass is 636 g/mol. The molecule has 0 aliphatic heterocycles. The van der Waals surface area contributed by atoms with Crippen molar-refractivity contribution in [3.8, 4) is 0 Å². The molecule has 0 fully saturated rings. The minimum atomic E-state index is -1.22. The van der Waals surface area contributed by atoms with Gasteiger partial charge < -0.3 is 10.6 Å². The summed E-state index contributed by atoms with van der Waals surface area (Å²) in [6.45, 7) is 19.3. The molecule has 1 radical (unpaired) electrons. The van der Waals surface area contributed by atoms with E-state index in [1.54, 1.807) is 0 Å². The molecule has 219 valence electrons. The number of hydrogen-bond donors (Lipinski definition) is 2. The Morgan fingerprint density at radius 1 is 0.488 bits per heavy atom. The number of allylic oxidation sites excluding steroid dienone is 1. The fourth-order valence-electron chi connectivity index (χ4n) is 4.70. The molecule has 0 unspecified atom stereocenters. The zero-order chi connectivity index (χ0) is 29.5. The van der Waals surface area contributed by atoms with Gasteiger partial charge in [-0.2, -0.15) is 21.9 Å². The summed E-state index contributed by atoms with van der Waals surface area (Å²) in [5.74, 6) is 0. The standard InChI is InChI=1S/C24H20B.C10H22N2.C3H5.Pd/c1-5-13-21(14-6-1)25(22-15-7-2-8-16-22,23-17-9-3-10-18-23)24-19-11-4-12-20-24;1-9(2,3)11-7-8-12-10(4,5)6;1-3-2;/h1-20H;7-8,11-12H,1-6H3;3H,1-2H2;/q-1;;;/b;8-7-;;. The quantitative estimate of drug-likeness (QED) is 0.243. The van der Waals surface area contributed by atoms with Crippen LogP contribution in [0.1, 0.15) is 41.5 Å². The Kier molecular flexibility index (Phi) is 15.2. The van der Waals surface area contributed by atoms with Gasteiger partial charge in [0, 0.05) is 43.9 Å². The van der Waals surface area contributed by atoms with Crippen molar-refractivity contribution in [1.29, 1.82) is 0 Å². The van der Waals surface area contributed by atoms with Gasteiger partial charge in [-0.15, -0.1) is 6.58 Å². The van der Waals surface area contributed by atoms with Crippen LogP contribution in [-0.4, -0.2) is 17.2 Å². The van der Waals surface area contributed by atoms with Crippen LogP contribution in [0.5, 0.6) is 0 Å². The van der Waals surface area contributed by atoms with Gasteiger partial charge in [-0.25, -0.2) is 0 Å². The van der Waals surface area contributed by atoms with Gasteiger partial charge in [0.05, 0.1) is 0 Å². The van der Waals surface area contributed by atoms with Crippen LogP contribution in [0.4, 0.5) is 0 Å². The molecule has 0 aromatic heterocycles. The molecule has 2 N–H and O–H groups in total. The van der Waals surface area contributed by atoms with Gasteiger partial charge in [0.25, 0.3) is 0 Å². The average molecular weight is 637 g/mol. The van der Waals surface area contributed by atoms with Gasteiger partial charge in [-0.1, -0.05) is 127 Å². The second kappa shape index (κ2) is 17.5. The Balaban J connectivity index is 0.000000447. The van der Waals surface area contributed by atoms with E-state index in [1.807, 2.05) is 12.4 Å². The largest absolute Gasteiger partial charge is 0.385 e. The average Bonchev–Trinajstić information content (AvgIpc) is 2.94. The first-order chi connectivity index (χ1) is 19.0. The number of rotatable bonds is 6. The summed E-state index contributed by atoms with van der Waals surface area (Å²) in [4.78, 5) is 0. The Bertz CT molecular complexity index is 1080. The smallest absolute Gasteiger partial charge is 0.108 e. The predicted octanol–water partition coefficient (Wildman–Crippen LogP) is 6.30. The van der Waals surface area contributed by atoms with Crippen molar-refractivity contribution in [1.82, 2.24) is 10.6 Å². The van der Waals surface area contributed by atoms with Crippen molar-refractivity contribution in [3.63, 3.8) is 0 Å². The van der Waals surface area contributed by atoms with E-state index in [1.165, 1.54) is 27.9 Å². The van der Waals surface area contributed by atoms with Crippen LogP contribution in [-0.2, 0) is 20.4 Å². The molecule has 0 atom stereocenters. The summed E-state index contributed by atoms with van der Waals surface area (Å²) in [6.07, 6.45) is 4.18. The zero-order valence-corrected chi connectivity index (χ0v) is 27.1. The Morgan fingerprint density at radius 2 is 0.683 bits per heavy atom. The molecule has 0 aliphatic carbocycles. The van der Waals surface area contributed by atoms with E-state index in [9.17, 15) is 0 Å². The maximum Gasteiger partial charge on any atom is 0.108 e. The van der Waals surface area contributed by atoms with Gasteiger partial charge in [0.1, 0.15) is 6.15 Å². The molecular weight excluding hydrogens is 590 g/mol. The molecule has 0 spiro atoms. The summed E-state index contributed by atoms with van der Waals surface area (Å²) < 4.78 is 0. The van der Waals surface area contributed by atoms with Crippen molar-refractivity contribution < 1.29 is 20.4 Å². The van der Waals surface area contributed by atoms with Crippen molar-refractivity contribution in [2.75, 3.05) is 0 Å². The van der Waals surface area contributed by atoms with Gasteiger partial charge in [0.2, 0.25) is 0 Å². The van der Waals surface area contributed by atoms with Crippen LogP contribution in [0.3, 0.4) is 0 Å². The molecule has 0 saturated carbocycles. The van der Waals surface area contributed by atoms with Crippen LogP contribution in [0.15, 0.2) is 146 Å². The summed E-state index contributed by atoms with van der Waals surface area (Å²) in [5, 5.41) is 6.50. The maximum absolute atomic E-state index is 3.25. The van der Waals surface area contributed by atoms with E-state index >= 15 is 0 Å². The minimum absolute atomic E-state index is 0. The third-order valence-corrected chi connectivity index (χ3v) is 6.31. The third-order valence-electron chi connectivity index (χ3n) is 6.31.